The van der Waals surface area contributed by atoms with Gasteiger partial charge in [-0.25, -0.2) is 0 Å². The van der Waals surface area contributed by atoms with E-state index < -0.39 is 0 Å². The van der Waals surface area contributed by atoms with Crippen LogP contribution in [0.1, 0.15) is 33.1 Å². The quantitative estimate of drug-likeness (QED) is 0.602. The van der Waals surface area contributed by atoms with Gasteiger partial charge in [0.15, 0.2) is 0 Å². The summed E-state index contributed by atoms with van der Waals surface area (Å²) >= 11 is 0. The molecule has 0 aromatic rings. The molecule has 1 aliphatic rings. The highest BCUT2D eigenvalue weighted by Gasteiger charge is 2.05. The minimum absolute atomic E-state index is 0.800. The van der Waals surface area contributed by atoms with E-state index in [4.69, 9.17) is 0 Å². The third-order valence-electron chi connectivity index (χ3n) is 2.06. The van der Waals surface area contributed by atoms with E-state index >= 15 is 0 Å². The minimum atomic E-state index is 0.800. The van der Waals surface area contributed by atoms with Crippen molar-refractivity contribution in [2.45, 2.75) is 33.1 Å². The average molecular weight is 153 g/mol. The van der Waals surface area contributed by atoms with Crippen molar-refractivity contribution in [2.75, 3.05) is 13.1 Å². The van der Waals surface area contributed by atoms with Crippen LogP contribution in [0.2, 0.25) is 0 Å². The molecule has 0 radical (unpaired) electrons. The molecular weight excluding hydrogens is 134 g/mol. The summed E-state index contributed by atoms with van der Waals surface area (Å²) in [6, 6.07) is 0. The van der Waals surface area contributed by atoms with Crippen molar-refractivity contribution >= 4 is 0 Å². The van der Waals surface area contributed by atoms with Crippen molar-refractivity contribution in [2.24, 2.45) is 5.92 Å². The van der Waals surface area contributed by atoms with E-state index in [0.29, 0.717) is 0 Å². The second-order valence-corrected chi connectivity index (χ2v) is 3.76. The molecule has 0 aromatic heterocycles. The lowest BCUT2D eigenvalue weighted by Crippen LogP contribution is -2.10. The van der Waals surface area contributed by atoms with Crippen molar-refractivity contribution in [3.8, 4) is 0 Å². The second-order valence-electron chi connectivity index (χ2n) is 3.76. The highest BCUT2D eigenvalue weighted by molar-refractivity contribution is 4.85. The summed E-state index contributed by atoms with van der Waals surface area (Å²) in [6.45, 7) is 7.06. The zero-order valence-electron chi connectivity index (χ0n) is 7.71. The van der Waals surface area contributed by atoms with E-state index in [2.05, 4.69) is 31.0 Å². The van der Waals surface area contributed by atoms with Gasteiger partial charge in [0.1, 0.15) is 0 Å². The first-order valence-electron chi connectivity index (χ1n) is 4.70. The van der Waals surface area contributed by atoms with Gasteiger partial charge in [-0.2, -0.15) is 0 Å². The summed E-state index contributed by atoms with van der Waals surface area (Å²) in [7, 11) is 0. The summed E-state index contributed by atoms with van der Waals surface area (Å²) in [5, 5.41) is 0. The minimum Gasteiger partial charge on any atom is -0.378 e. The SMILES string of the molecule is CC(C)CC=CN1CCCC1. The van der Waals surface area contributed by atoms with Crippen LogP contribution in [-0.2, 0) is 0 Å². The number of likely N-dealkylation sites (tertiary alicyclic amines) is 1. The fraction of sp³-hybridized carbons (Fsp3) is 0.800. The lowest BCUT2D eigenvalue weighted by Gasteiger charge is -2.10. The van der Waals surface area contributed by atoms with E-state index in [1.807, 2.05) is 0 Å². The average Bonchev–Trinajstić information content (AvgIpc) is 2.39. The molecule has 1 heterocycles. The molecule has 1 nitrogen and oxygen atoms in total. The van der Waals surface area contributed by atoms with E-state index in [1.165, 1.54) is 32.4 Å². The van der Waals surface area contributed by atoms with Crippen molar-refractivity contribution in [3.05, 3.63) is 12.3 Å². The van der Waals surface area contributed by atoms with Crippen LogP contribution in [0.25, 0.3) is 0 Å². The van der Waals surface area contributed by atoms with Gasteiger partial charge < -0.3 is 4.90 Å². The van der Waals surface area contributed by atoms with E-state index in [9.17, 15) is 0 Å². The Balaban J connectivity index is 2.12. The van der Waals surface area contributed by atoms with Crippen LogP contribution >= 0.6 is 0 Å². The fourth-order valence-corrected chi connectivity index (χ4v) is 1.37. The van der Waals surface area contributed by atoms with Crippen LogP contribution in [0.4, 0.5) is 0 Å². The number of hydrogen-bond acceptors (Lipinski definition) is 1. The van der Waals surface area contributed by atoms with Gasteiger partial charge in [-0.05, 0) is 31.4 Å². The highest BCUT2D eigenvalue weighted by Crippen LogP contribution is 2.08. The van der Waals surface area contributed by atoms with Gasteiger partial charge in [0.2, 0.25) is 0 Å². The molecule has 0 saturated carbocycles. The summed E-state index contributed by atoms with van der Waals surface area (Å²) in [6.07, 6.45) is 8.55. The van der Waals surface area contributed by atoms with Crippen molar-refractivity contribution in [3.63, 3.8) is 0 Å². The van der Waals surface area contributed by atoms with Crippen molar-refractivity contribution in [1.29, 1.82) is 0 Å². The van der Waals surface area contributed by atoms with Crippen LogP contribution in [0.3, 0.4) is 0 Å². The van der Waals surface area contributed by atoms with Gasteiger partial charge in [0, 0.05) is 13.1 Å². The van der Waals surface area contributed by atoms with Crippen LogP contribution in [-0.4, -0.2) is 18.0 Å². The smallest absolute Gasteiger partial charge is 0.0173 e. The predicted octanol–water partition coefficient (Wildman–Crippen LogP) is 2.64. The van der Waals surface area contributed by atoms with Gasteiger partial charge in [-0.3, -0.25) is 0 Å². The molecule has 64 valence electrons. The molecule has 0 spiro atoms. The fourth-order valence-electron chi connectivity index (χ4n) is 1.37. The summed E-state index contributed by atoms with van der Waals surface area (Å²) < 4.78 is 0. The van der Waals surface area contributed by atoms with E-state index in [1.54, 1.807) is 0 Å². The first-order chi connectivity index (χ1) is 5.29. The molecule has 0 amide bonds. The topological polar surface area (TPSA) is 3.24 Å². The monoisotopic (exact) mass is 153 g/mol. The number of rotatable bonds is 3. The maximum atomic E-state index is 2.42. The Morgan fingerprint density at radius 1 is 1.27 bits per heavy atom. The summed E-state index contributed by atoms with van der Waals surface area (Å²) in [5.74, 6) is 0.800. The lowest BCUT2D eigenvalue weighted by molar-refractivity contribution is 0.464. The van der Waals surface area contributed by atoms with Gasteiger partial charge in [-0.1, -0.05) is 19.9 Å². The molecule has 11 heavy (non-hydrogen) atoms. The molecule has 1 saturated heterocycles. The first kappa shape index (κ1) is 8.63. The standard InChI is InChI=1S/C10H19N/c1-10(2)6-5-9-11-7-3-4-8-11/h5,9-10H,3-4,6-8H2,1-2H3. The zero-order chi connectivity index (χ0) is 8.10. The van der Waals surface area contributed by atoms with Gasteiger partial charge in [0.05, 0.1) is 0 Å². The normalized spacial score (nSPS) is 19.0. The van der Waals surface area contributed by atoms with Gasteiger partial charge >= 0.3 is 0 Å². The Bertz CT molecular complexity index is 121. The second kappa shape index (κ2) is 4.42. The number of allylic oxidation sites excluding steroid dienone is 1. The Morgan fingerprint density at radius 3 is 2.45 bits per heavy atom. The first-order valence-corrected chi connectivity index (χ1v) is 4.70. The molecule has 0 bridgehead atoms. The van der Waals surface area contributed by atoms with E-state index in [-0.39, 0.29) is 0 Å². The highest BCUT2D eigenvalue weighted by atomic mass is 15.1. The van der Waals surface area contributed by atoms with Crippen molar-refractivity contribution in [1.82, 2.24) is 4.90 Å². The van der Waals surface area contributed by atoms with Crippen molar-refractivity contribution < 1.29 is 0 Å². The summed E-state index contributed by atoms with van der Waals surface area (Å²) in [5.41, 5.74) is 0. The van der Waals surface area contributed by atoms with Crippen LogP contribution in [0.15, 0.2) is 12.3 Å². The molecular formula is C10H19N. The molecule has 1 heteroatoms. The Morgan fingerprint density at radius 2 is 1.91 bits per heavy atom. The van der Waals surface area contributed by atoms with Gasteiger partial charge in [-0.15, -0.1) is 0 Å². The molecule has 0 aliphatic carbocycles. The maximum absolute atomic E-state index is 2.42. The number of nitrogens with zero attached hydrogens (tertiary/aromatic N) is 1. The molecule has 1 aliphatic heterocycles. The Kier molecular flexibility index (Phi) is 3.47. The third-order valence-corrected chi connectivity index (χ3v) is 2.06. The van der Waals surface area contributed by atoms with Crippen LogP contribution < -0.4 is 0 Å². The molecule has 0 aromatic carbocycles. The predicted molar refractivity (Wildman–Crippen MR) is 49.4 cm³/mol. The van der Waals surface area contributed by atoms with E-state index in [0.717, 1.165) is 5.92 Å². The molecule has 0 N–H and O–H groups in total. The largest absolute Gasteiger partial charge is 0.378 e. The number of hydrogen-bond donors (Lipinski definition) is 0. The van der Waals surface area contributed by atoms with Gasteiger partial charge in [0.25, 0.3) is 0 Å². The Hall–Kier alpha value is -0.460. The lowest BCUT2D eigenvalue weighted by atomic mass is 10.1. The Labute approximate surface area is 70.1 Å². The van der Waals surface area contributed by atoms with Crippen LogP contribution in [0.5, 0.6) is 0 Å². The van der Waals surface area contributed by atoms with Crippen LogP contribution in [0, 0.1) is 5.92 Å². The molecule has 0 unspecified atom stereocenters. The molecule has 1 rings (SSSR count). The molecule has 1 fully saturated rings. The maximum Gasteiger partial charge on any atom is 0.0173 e. The zero-order valence-corrected chi connectivity index (χ0v) is 7.71. The molecule has 0 atom stereocenters. The third kappa shape index (κ3) is 3.45. The summed E-state index contributed by atoms with van der Waals surface area (Å²) in [4.78, 5) is 2.42.